The summed E-state index contributed by atoms with van der Waals surface area (Å²) in [4.78, 5) is 6.35. The minimum Gasteiger partial charge on any atom is -0.443 e. The van der Waals surface area contributed by atoms with E-state index >= 15 is 0 Å². The van der Waals surface area contributed by atoms with Crippen LogP contribution in [0.25, 0.3) is 11.3 Å². The molecule has 0 aliphatic rings. The number of nitrogens with zero attached hydrogens (tertiary/aromatic N) is 4. The van der Waals surface area contributed by atoms with Crippen LogP contribution in [-0.4, -0.2) is 29.2 Å². The van der Waals surface area contributed by atoms with Crippen LogP contribution in [0.5, 0.6) is 10.8 Å². The predicted molar refractivity (Wildman–Crippen MR) is 125 cm³/mol. The van der Waals surface area contributed by atoms with Gasteiger partial charge in [-0.25, -0.2) is 4.99 Å². The average Bonchev–Trinajstić information content (AvgIpc) is 3.11. The van der Waals surface area contributed by atoms with Gasteiger partial charge < -0.3 is 9.64 Å². The maximum atomic E-state index is 9.70. The van der Waals surface area contributed by atoms with Crippen LogP contribution < -0.4 is 4.74 Å². The third-order valence-corrected chi connectivity index (χ3v) is 5.88. The van der Waals surface area contributed by atoms with Gasteiger partial charge in [0.25, 0.3) is 0 Å². The number of hydrogen-bond acceptors (Lipinski definition) is 5. The molecule has 0 bridgehead atoms. The lowest BCUT2D eigenvalue weighted by atomic mass is 10.1. The van der Waals surface area contributed by atoms with E-state index in [0.29, 0.717) is 48.4 Å². The number of rotatable bonds is 6. The molecule has 0 spiro atoms. The van der Waals surface area contributed by atoms with Crippen molar-refractivity contribution in [2.45, 2.75) is 13.8 Å². The topological polar surface area (TPSA) is 61.5 Å². The number of aliphatic imine (C=N–C) groups is 1. The van der Waals surface area contributed by atoms with Crippen molar-refractivity contribution in [3.8, 4) is 28.1 Å². The Balaban J connectivity index is 1.94. The van der Waals surface area contributed by atoms with Crippen LogP contribution in [-0.2, 0) is 0 Å². The van der Waals surface area contributed by atoms with E-state index in [4.69, 9.17) is 39.5 Å². The summed E-state index contributed by atoms with van der Waals surface area (Å²) in [5, 5.41) is 11.4. The number of aromatic nitrogens is 1. The van der Waals surface area contributed by atoms with Crippen LogP contribution in [0.2, 0.25) is 15.1 Å². The second kappa shape index (κ2) is 9.67. The largest absolute Gasteiger partial charge is 0.443 e. The van der Waals surface area contributed by atoms with E-state index in [1.165, 1.54) is 0 Å². The number of hydrogen-bond donors (Lipinski definition) is 0. The van der Waals surface area contributed by atoms with Gasteiger partial charge in [-0.3, -0.25) is 0 Å². The Labute approximate surface area is 194 Å². The molecule has 9 heteroatoms. The Hall–Kier alpha value is -2.30. The highest BCUT2D eigenvalue weighted by Crippen LogP contribution is 2.41. The number of aryl methyl sites for hydroxylation is 1. The third kappa shape index (κ3) is 4.88. The fraction of sp³-hybridized carbons (Fsp3) is 0.190. The van der Waals surface area contributed by atoms with Crippen LogP contribution in [0.15, 0.2) is 35.3 Å². The SMILES string of the molecule is CCN(C)C=Nc1cc(C)c(Oc2snc(-c3ccc(Cl)cc3Cl)c2C#N)cc1Cl. The van der Waals surface area contributed by atoms with Gasteiger partial charge in [-0.2, -0.15) is 9.64 Å². The first kappa shape index (κ1) is 22.4. The Kier molecular flexibility index (Phi) is 7.22. The molecule has 5 nitrogen and oxygen atoms in total. The van der Waals surface area contributed by atoms with Gasteiger partial charge in [0, 0.05) is 41.8 Å². The molecule has 0 fully saturated rings. The second-order valence-corrected chi connectivity index (χ2v) is 8.41. The van der Waals surface area contributed by atoms with E-state index in [1.807, 2.05) is 31.9 Å². The van der Waals surface area contributed by atoms with Crippen molar-refractivity contribution in [3.63, 3.8) is 0 Å². The first-order chi connectivity index (χ1) is 14.3. The van der Waals surface area contributed by atoms with Crippen LogP contribution >= 0.6 is 46.3 Å². The van der Waals surface area contributed by atoms with Crippen molar-refractivity contribution in [2.75, 3.05) is 13.6 Å². The molecule has 1 heterocycles. The maximum Gasteiger partial charge on any atom is 0.218 e. The molecular weight excluding hydrogens is 463 g/mol. The van der Waals surface area contributed by atoms with E-state index < -0.39 is 0 Å². The third-order valence-electron chi connectivity index (χ3n) is 4.30. The zero-order chi connectivity index (χ0) is 21.8. The molecule has 1 aromatic heterocycles. The molecule has 0 aliphatic carbocycles. The summed E-state index contributed by atoms with van der Waals surface area (Å²) in [5.41, 5.74) is 2.83. The van der Waals surface area contributed by atoms with Crippen LogP contribution in [0.3, 0.4) is 0 Å². The molecular formula is C21H17Cl3N4OS. The Morgan fingerprint density at radius 1 is 1.23 bits per heavy atom. The smallest absolute Gasteiger partial charge is 0.218 e. The van der Waals surface area contributed by atoms with Gasteiger partial charge in [0.05, 0.1) is 22.1 Å². The van der Waals surface area contributed by atoms with E-state index in [0.717, 1.165) is 23.6 Å². The number of ether oxygens (including phenoxy) is 1. The standard InChI is InChI=1S/C21H17Cl3N4OS/c1-4-28(3)11-26-18-7-12(2)19(9-17(18)24)29-21-15(10-25)20(27-30-21)14-6-5-13(22)8-16(14)23/h5-9,11H,4H2,1-3H3. The van der Waals surface area contributed by atoms with Crippen molar-refractivity contribution >= 4 is 58.4 Å². The van der Waals surface area contributed by atoms with Crippen molar-refractivity contribution in [2.24, 2.45) is 4.99 Å². The van der Waals surface area contributed by atoms with Crippen LogP contribution in [0, 0.1) is 18.3 Å². The van der Waals surface area contributed by atoms with Crippen LogP contribution in [0.1, 0.15) is 18.1 Å². The summed E-state index contributed by atoms with van der Waals surface area (Å²) in [6.07, 6.45) is 1.72. The van der Waals surface area contributed by atoms with Gasteiger partial charge in [-0.05, 0) is 43.7 Å². The lowest BCUT2D eigenvalue weighted by molar-refractivity contribution is 0.491. The van der Waals surface area contributed by atoms with E-state index in [-0.39, 0.29) is 0 Å². The monoisotopic (exact) mass is 478 g/mol. The highest BCUT2D eigenvalue weighted by molar-refractivity contribution is 7.08. The quantitative estimate of drug-likeness (QED) is 0.274. The molecule has 0 amide bonds. The van der Waals surface area contributed by atoms with Gasteiger partial charge >= 0.3 is 0 Å². The average molecular weight is 480 g/mol. The molecule has 154 valence electrons. The Morgan fingerprint density at radius 2 is 2.00 bits per heavy atom. The number of nitriles is 1. The van der Waals surface area contributed by atoms with Gasteiger partial charge in [0.15, 0.2) is 0 Å². The Morgan fingerprint density at radius 3 is 2.67 bits per heavy atom. The molecule has 0 saturated carbocycles. The number of halogens is 3. The highest BCUT2D eigenvalue weighted by atomic mass is 35.5. The predicted octanol–water partition coefficient (Wildman–Crippen LogP) is 7.35. The van der Waals surface area contributed by atoms with Crippen molar-refractivity contribution in [1.29, 1.82) is 5.26 Å². The minimum absolute atomic E-state index is 0.298. The minimum atomic E-state index is 0.298. The summed E-state index contributed by atoms with van der Waals surface area (Å²) in [6, 6.07) is 10.7. The number of benzene rings is 2. The fourth-order valence-corrected chi connectivity index (χ4v) is 3.93. The summed E-state index contributed by atoms with van der Waals surface area (Å²) in [5.74, 6) is 0.525. The van der Waals surface area contributed by atoms with E-state index in [1.54, 1.807) is 30.6 Å². The zero-order valence-corrected chi connectivity index (χ0v) is 19.5. The second-order valence-electron chi connectivity index (χ2n) is 6.42. The van der Waals surface area contributed by atoms with E-state index in [9.17, 15) is 5.26 Å². The van der Waals surface area contributed by atoms with E-state index in [2.05, 4.69) is 15.4 Å². The summed E-state index contributed by atoms with van der Waals surface area (Å²) < 4.78 is 10.4. The van der Waals surface area contributed by atoms with Crippen molar-refractivity contribution in [1.82, 2.24) is 9.27 Å². The van der Waals surface area contributed by atoms with Gasteiger partial charge in [-0.15, -0.1) is 0 Å². The van der Waals surface area contributed by atoms with Gasteiger partial charge in [-0.1, -0.05) is 34.8 Å². The van der Waals surface area contributed by atoms with Crippen molar-refractivity contribution in [3.05, 3.63) is 56.5 Å². The fourth-order valence-electron chi connectivity index (χ4n) is 2.51. The van der Waals surface area contributed by atoms with Gasteiger partial charge in [0.1, 0.15) is 23.1 Å². The first-order valence-corrected chi connectivity index (χ1v) is 10.8. The molecule has 0 saturated heterocycles. The molecule has 3 rings (SSSR count). The highest BCUT2D eigenvalue weighted by Gasteiger charge is 2.20. The lowest BCUT2D eigenvalue weighted by Gasteiger charge is -2.11. The molecule has 0 atom stereocenters. The molecule has 0 aliphatic heterocycles. The lowest BCUT2D eigenvalue weighted by Crippen LogP contribution is -2.14. The molecule has 0 radical (unpaired) electrons. The first-order valence-electron chi connectivity index (χ1n) is 8.91. The molecule has 0 unspecified atom stereocenters. The molecule has 3 aromatic rings. The molecule has 2 aromatic carbocycles. The summed E-state index contributed by atoms with van der Waals surface area (Å²) in [7, 11) is 1.93. The normalized spacial score (nSPS) is 11.0. The van der Waals surface area contributed by atoms with Crippen LogP contribution in [0.4, 0.5) is 5.69 Å². The molecule has 0 N–H and O–H groups in total. The molecule has 30 heavy (non-hydrogen) atoms. The summed E-state index contributed by atoms with van der Waals surface area (Å²) >= 11 is 19.7. The van der Waals surface area contributed by atoms with Crippen molar-refractivity contribution < 1.29 is 4.74 Å². The summed E-state index contributed by atoms with van der Waals surface area (Å²) in [6.45, 7) is 4.75. The van der Waals surface area contributed by atoms with Gasteiger partial charge in [0.2, 0.25) is 5.06 Å². The zero-order valence-electron chi connectivity index (χ0n) is 16.4. The maximum absolute atomic E-state index is 9.70. The Bertz CT molecular complexity index is 1150.